The Labute approximate surface area is 161 Å². The van der Waals surface area contributed by atoms with Gasteiger partial charge in [0.25, 0.3) is 0 Å². The average Bonchev–Trinajstić information content (AvgIpc) is 3.15. The van der Waals surface area contributed by atoms with Crippen LogP contribution in [0.25, 0.3) is 0 Å². The van der Waals surface area contributed by atoms with Crippen LogP contribution in [0.15, 0.2) is 11.4 Å². The number of hydrogen-bond acceptors (Lipinski definition) is 6. The van der Waals surface area contributed by atoms with Crippen LogP contribution in [0.3, 0.4) is 0 Å². The summed E-state index contributed by atoms with van der Waals surface area (Å²) in [5.41, 5.74) is 2.03. The smallest absolute Gasteiger partial charge is 0.227 e. The van der Waals surface area contributed by atoms with Crippen LogP contribution in [-0.2, 0) is 22.9 Å². The van der Waals surface area contributed by atoms with Gasteiger partial charge in [0.1, 0.15) is 0 Å². The highest BCUT2D eigenvalue weighted by Crippen LogP contribution is 2.27. The van der Waals surface area contributed by atoms with Crippen LogP contribution in [0, 0.1) is 13.8 Å². The molecule has 0 aliphatic rings. The van der Waals surface area contributed by atoms with E-state index in [9.17, 15) is 8.42 Å². The lowest BCUT2D eigenvalue weighted by Gasteiger charge is -2.24. The molecule has 0 aliphatic heterocycles. The summed E-state index contributed by atoms with van der Waals surface area (Å²) in [5, 5.41) is 1.27. The van der Waals surface area contributed by atoms with Gasteiger partial charge in [-0.1, -0.05) is 20.3 Å². The first-order valence-corrected chi connectivity index (χ1v) is 11.6. The van der Waals surface area contributed by atoms with E-state index < -0.39 is 9.84 Å². The molecule has 0 saturated carbocycles. The van der Waals surface area contributed by atoms with Crippen molar-refractivity contribution in [1.29, 1.82) is 0 Å². The third kappa shape index (κ3) is 4.53. The number of aromatic nitrogens is 3. The fourth-order valence-electron chi connectivity index (χ4n) is 2.98. The first kappa shape index (κ1) is 21.1. The molecule has 2 heterocycles. The number of nitrogens with zero attached hydrogens (tertiary/aromatic N) is 4. The van der Waals surface area contributed by atoms with Gasteiger partial charge in [-0.2, -0.15) is 0 Å². The molecule has 0 amide bonds. The van der Waals surface area contributed by atoms with Crippen LogP contribution in [0.1, 0.15) is 60.9 Å². The Balaban J connectivity index is 2.29. The zero-order valence-electron chi connectivity index (χ0n) is 16.6. The molecule has 2 rings (SSSR count). The standard InChI is InChI=1S/C18H30N4O2S2/c1-7-9-10-22-16(11-19-18(22)26(23,24)8-2)12-21(6)13(3)17-14(4)25-15(5)20-17/h11,13H,7-10,12H2,1-6H3/t13-/m1/s1. The van der Waals surface area contributed by atoms with Gasteiger partial charge in [0, 0.05) is 18.0 Å². The first-order chi connectivity index (χ1) is 12.2. The second kappa shape index (κ2) is 8.63. The predicted molar refractivity (Wildman–Crippen MR) is 106 cm³/mol. The molecule has 0 spiro atoms. The maximum absolute atomic E-state index is 12.4. The molecule has 0 fully saturated rings. The van der Waals surface area contributed by atoms with Gasteiger partial charge >= 0.3 is 0 Å². The Morgan fingerprint density at radius 2 is 2.00 bits per heavy atom. The summed E-state index contributed by atoms with van der Waals surface area (Å²) in [5.74, 6) is 0.0686. The van der Waals surface area contributed by atoms with Crippen LogP contribution in [0.4, 0.5) is 0 Å². The summed E-state index contributed by atoms with van der Waals surface area (Å²) in [4.78, 5) is 12.3. The van der Waals surface area contributed by atoms with Crippen LogP contribution >= 0.6 is 11.3 Å². The van der Waals surface area contributed by atoms with Crippen molar-refractivity contribution in [2.24, 2.45) is 0 Å². The van der Waals surface area contributed by atoms with Crippen molar-refractivity contribution in [3.8, 4) is 0 Å². The van der Waals surface area contributed by atoms with Crippen molar-refractivity contribution in [1.82, 2.24) is 19.4 Å². The Hall–Kier alpha value is -1.25. The van der Waals surface area contributed by atoms with Crippen LogP contribution in [-0.4, -0.2) is 40.7 Å². The lowest BCUT2D eigenvalue weighted by Crippen LogP contribution is -2.25. The third-order valence-electron chi connectivity index (χ3n) is 4.70. The molecule has 0 bridgehead atoms. The maximum atomic E-state index is 12.4. The molecule has 0 aliphatic carbocycles. The maximum Gasteiger partial charge on any atom is 0.227 e. The number of aryl methyl sites for hydroxylation is 2. The van der Waals surface area contributed by atoms with Gasteiger partial charge in [0.2, 0.25) is 15.0 Å². The lowest BCUT2D eigenvalue weighted by atomic mass is 10.2. The SMILES string of the molecule is CCCCn1c(CN(C)[C@H](C)c2nc(C)sc2C)cnc1S(=O)(=O)CC. The molecular weight excluding hydrogens is 368 g/mol. The Morgan fingerprint density at radius 3 is 2.54 bits per heavy atom. The first-order valence-electron chi connectivity index (χ1n) is 9.12. The fraction of sp³-hybridized carbons (Fsp3) is 0.667. The Kier molecular flexibility index (Phi) is 6.99. The third-order valence-corrected chi connectivity index (χ3v) is 7.25. The van der Waals surface area contributed by atoms with E-state index in [1.165, 1.54) is 4.88 Å². The molecular formula is C18H30N4O2S2. The summed E-state index contributed by atoms with van der Waals surface area (Å²) in [6.45, 7) is 11.3. The minimum absolute atomic E-state index is 0.0686. The van der Waals surface area contributed by atoms with Gasteiger partial charge in [0.15, 0.2) is 0 Å². The summed E-state index contributed by atoms with van der Waals surface area (Å²) >= 11 is 1.71. The van der Waals surface area contributed by atoms with Crippen LogP contribution < -0.4 is 0 Å². The second-order valence-electron chi connectivity index (χ2n) is 6.71. The van der Waals surface area contributed by atoms with E-state index in [2.05, 4.69) is 35.6 Å². The number of thiazole rings is 1. The molecule has 0 saturated heterocycles. The molecule has 6 nitrogen and oxygen atoms in total. The zero-order chi connectivity index (χ0) is 19.5. The highest BCUT2D eigenvalue weighted by Gasteiger charge is 2.24. The molecule has 26 heavy (non-hydrogen) atoms. The highest BCUT2D eigenvalue weighted by molar-refractivity contribution is 7.91. The van der Waals surface area contributed by atoms with Crippen molar-refractivity contribution >= 4 is 21.2 Å². The van der Waals surface area contributed by atoms with E-state index in [-0.39, 0.29) is 17.0 Å². The molecule has 0 radical (unpaired) electrons. The van der Waals surface area contributed by atoms with Crippen molar-refractivity contribution in [3.05, 3.63) is 27.5 Å². The van der Waals surface area contributed by atoms with Crippen LogP contribution in [0.5, 0.6) is 0 Å². The van der Waals surface area contributed by atoms with E-state index in [1.54, 1.807) is 24.5 Å². The molecule has 1 atom stereocenters. The second-order valence-corrected chi connectivity index (χ2v) is 10.3. The van der Waals surface area contributed by atoms with Crippen LogP contribution in [0.2, 0.25) is 0 Å². The quantitative estimate of drug-likeness (QED) is 0.643. The predicted octanol–water partition coefficient (Wildman–Crippen LogP) is 3.74. The molecule has 0 N–H and O–H groups in total. The van der Waals surface area contributed by atoms with E-state index in [1.807, 2.05) is 18.5 Å². The van der Waals surface area contributed by atoms with E-state index in [0.717, 1.165) is 29.2 Å². The topological polar surface area (TPSA) is 68.1 Å². The van der Waals surface area contributed by atoms with Gasteiger partial charge in [-0.25, -0.2) is 18.4 Å². The van der Waals surface area contributed by atoms with Crippen molar-refractivity contribution in [2.75, 3.05) is 12.8 Å². The number of imidazole rings is 1. The van der Waals surface area contributed by atoms with E-state index >= 15 is 0 Å². The summed E-state index contributed by atoms with van der Waals surface area (Å²) < 4.78 is 26.6. The molecule has 2 aromatic heterocycles. The lowest BCUT2D eigenvalue weighted by molar-refractivity contribution is 0.241. The van der Waals surface area contributed by atoms with Gasteiger partial charge < -0.3 is 4.57 Å². The monoisotopic (exact) mass is 398 g/mol. The van der Waals surface area contributed by atoms with E-state index in [4.69, 9.17) is 0 Å². The average molecular weight is 399 g/mol. The molecule has 8 heteroatoms. The van der Waals surface area contributed by atoms with Gasteiger partial charge in [-0.3, -0.25) is 4.90 Å². The Bertz CT molecular complexity index is 839. The number of sulfone groups is 1. The van der Waals surface area contributed by atoms with E-state index in [0.29, 0.717) is 13.1 Å². The van der Waals surface area contributed by atoms with Gasteiger partial charge in [-0.15, -0.1) is 11.3 Å². The zero-order valence-corrected chi connectivity index (χ0v) is 18.2. The molecule has 2 aromatic rings. The Morgan fingerprint density at radius 1 is 1.31 bits per heavy atom. The highest BCUT2D eigenvalue weighted by atomic mass is 32.2. The summed E-state index contributed by atoms with van der Waals surface area (Å²) in [7, 11) is -1.28. The van der Waals surface area contributed by atoms with Crippen molar-refractivity contribution in [3.63, 3.8) is 0 Å². The minimum atomic E-state index is -3.33. The van der Waals surface area contributed by atoms with Crippen molar-refractivity contribution < 1.29 is 8.42 Å². The normalized spacial score (nSPS) is 13.5. The largest absolute Gasteiger partial charge is 0.318 e. The minimum Gasteiger partial charge on any atom is -0.318 e. The number of hydrogen-bond donors (Lipinski definition) is 0. The van der Waals surface area contributed by atoms with Gasteiger partial charge in [0.05, 0.1) is 34.4 Å². The summed E-state index contributed by atoms with van der Waals surface area (Å²) in [6, 6.07) is 0.153. The molecule has 0 unspecified atom stereocenters. The molecule has 0 aromatic carbocycles. The number of unbranched alkanes of at least 4 members (excludes halogenated alkanes) is 1. The van der Waals surface area contributed by atoms with Gasteiger partial charge in [-0.05, 0) is 34.2 Å². The summed E-state index contributed by atoms with van der Waals surface area (Å²) in [6.07, 6.45) is 3.65. The molecule has 146 valence electrons. The fourth-order valence-corrected chi connectivity index (χ4v) is 4.91. The number of rotatable bonds is 9. The van der Waals surface area contributed by atoms with Crippen molar-refractivity contribution in [2.45, 2.75) is 71.7 Å².